The van der Waals surface area contributed by atoms with Crippen LogP contribution >= 0.6 is 11.3 Å². The van der Waals surface area contributed by atoms with Crippen LogP contribution < -0.4 is 5.32 Å². The number of carbonyl (C=O) groups excluding carboxylic acids is 1. The molecular formula is C11H16N2O2S. The Labute approximate surface area is 99.0 Å². The lowest BCUT2D eigenvalue weighted by atomic mass is 10.1. The second-order valence-electron chi connectivity index (χ2n) is 4.00. The number of amides is 1. The van der Waals surface area contributed by atoms with E-state index in [9.17, 15) is 4.79 Å². The van der Waals surface area contributed by atoms with Crippen molar-refractivity contribution < 1.29 is 9.53 Å². The number of aryl methyl sites for hydroxylation is 1. The Kier molecular flexibility index (Phi) is 3.90. The molecule has 0 aliphatic carbocycles. The third-order valence-corrected chi connectivity index (χ3v) is 3.41. The van der Waals surface area contributed by atoms with E-state index in [1.807, 2.05) is 6.92 Å². The molecule has 1 N–H and O–H groups in total. The first-order chi connectivity index (χ1) is 7.74. The summed E-state index contributed by atoms with van der Waals surface area (Å²) in [5.41, 5.74) is 0. The van der Waals surface area contributed by atoms with Crippen LogP contribution in [0.5, 0.6) is 0 Å². The molecule has 1 saturated heterocycles. The molecule has 1 fully saturated rings. The van der Waals surface area contributed by atoms with Crippen LogP contribution in [-0.2, 0) is 9.53 Å². The first-order valence-electron chi connectivity index (χ1n) is 5.58. The van der Waals surface area contributed by atoms with E-state index >= 15 is 0 Å². The third-order valence-electron chi connectivity index (χ3n) is 2.58. The van der Waals surface area contributed by atoms with Crippen LogP contribution in [0.25, 0.3) is 0 Å². The van der Waals surface area contributed by atoms with Gasteiger partial charge in [-0.3, -0.25) is 4.79 Å². The number of carbonyl (C=O) groups is 1. The SMILES string of the molecule is Cc1cnc(NC(=O)CC[C@@H]2CCCO2)s1. The van der Waals surface area contributed by atoms with Gasteiger partial charge in [0.25, 0.3) is 0 Å². The van der Waals surface area contributed by atoms with Crippen LogP contribution in [0.2, 0.25) is 0 Å². The molecule has 2 heterocycles. The molecule has 0 unspecified atom stereocenters. The molecule has 2 rings (SSSR count). The number of hydrogen-bond acceptors (Lipinski definition) is 4. The highest BCUT2D eigenvalue weighted by Gasteiger charge is 2.16. The summed E-state index contributed by atoms with van der Waals surface area (Å²) in [6.07, 6.45) is 5.59. The fourth-order valence-corrected chi connectivity index (χ4v) is 2.44. The fraction of sp³-hybridized carbons (Fsp3) is 0.636. The van der Waals surface area contributed by atoms with Crippen molar-refractivity contribution in [1.82, 2.24) is 4.98 Å². The Hall–Kier alpha value is -0.940. The van der Waals surface area contributed by atoms with Gasteiger partial charge in [0.1, 0.15) is 0 Å². The van der Waals surface area contributed by atoms with Crippen molar-refractivity contribution >= 4 is 22.4 Å². The normalized spacial score (nSPS) is 19.9. The molecule has 16 heavy (non-hydrogen) atoms. The maximum absolute atomic E-state index is 11.6. The van der Waals surface area contributed by atoms with Gasteiger partial charge in [0.15, 0.2) is 5.13 Å². The van der Waals surface area contributed by atoms with E-state index in [0.29, 0.717) is 11.6 Å². The number of anilines is 1. The van der Waals surface area contributed by atoms with Gasteiger partial charge in [-0.25, -0.2) is 4.98 Å². The summed E-state index contributed by atoms with van der Waals surface area (Å²) in [7, 11) is 0. The van der Waals surface area contributed by atoms with Crippen molar-refractivity contribution in [3.63, 3.8) is 0 Å². The molecule has 1 atom stereocenters. The van der Waals surface area contributed by atoms with Gasteiger partial charge in [0.2, 0.25) is 5.91 Å². The molecule has 1 aromatic rings. The molecule has 0 bridgehead atoms. The quantitative estimate of drug-likeness (QED) is 0.879. The molecule has 0 aromatic carbocycles. The zero-order valence-corrected chi connectivity index (χ0v) is 10.2. The van der Waals surface area contributed by atoms with E-state index in [1.165, 1.54) is 11.3 Å². The summed E-state index contributed by atoms with van der Waals surface area (Å²) in [5, 5.41) is 3.49. The number of hydrogen-bond donors (Lipinski definition) is 1. The molecule has 1 aliphatic rings. The highest BCUT2D eigenvalue weighted by molar-refractivity contribution is 7.15. The molecule has 5 heteroatoms. The summed E-state index contributed by atoms with van der Waals surface area (Å²) in [6, 6.07) is 0. The standard InChI is InChI=1S/C11H16N2O2S/c1-8-7-12-11(16-8)13-10(14)5-4-9-3-2-6-15-9/h7,9H,2-6H2,1H3,(H,12,13,14)/t9-/m0/s1. The van der Waals surface area contributed by atoms with Gasteiger partial charge in [-0.2, -0.15) is 0 Å². The predicted molar refractivity (Wildman–Crippen MR) is 63.7 cm³/mol. The van der Waals surface area contributed by atoms with E-state index in [2.05, 4.69) is 10.3 Å². The average molecular weight is 240 g/mol. The van der Waals surface area contributed by atoms with Crippen molar-refractivity contribution in [3.8, 4) is 0 Å². The van der Waals surface area contributed by atoms with Gasteiger partial charge in [-0.05, 0) is 26.2 Å². The van der Waals surface area contributed by atoms with Crippen molar-refractivity contribution in [2.45, 2.75) is 38.7 Å². The minimum absolute atomic E-state index is 0.0323. The number of thiazole rings is 1. The molecule has 0 saturated carbocycles. The number of rotatable bonds is 4. The first kappa shape index (κ1) is 11.5. The average Bonchev–Trinajstić information content (AvgIpc) is 2.87. The zero-order valence-electron chi connectivity index (χ0n) is 9.36. The van der Waals surface area contributed by atoms with E-state index in [0.717, 1.165) is 30.7 Å². The second-order valence-corrected chi connectivity index (χ2v) is 5.23. The Morgan fingerprint density at radius 2 is 2.62 bits per heavy atom. The van der Waals surface area contributed by atoms with Gasteiger partial charge in [0.05, 0.1) is 6.10 Å². The number of aromatic nitrogens is 1. The Balaban J connectivity index is 1.71. The first-order valence-corrected chi connectivity index (χ1v) is 6.39. The fourth-order valence-electron chi connectivity index (χ4n) is 1.76. The minimum Gasteiger partial charge on any atom is -0.378 e. The van der Waals surface area contributed by atoms with Crippen LogP contribution in [0.15, 0.2) is 6.20 Å². The van der Waals surface area contributed by atoms with Crippen molar-refractivity contribution in [1.29, 1.82) is 0 Å². The maximum atomic E-state index is 11.6. The summed E-state index contributed by atoms with van der Waals surface area (Å²) < 4.78 is 5.46. The highest BCUT2D eigenvalue weighted by Crippen LogP contribution is 2.19. The van der Waals surface area contributed by atoms with Crippen LogP contribution in [-0.4, -0.2) is 23.6 Å². The summed E-state index contributed by atoms with van der Waals surface area (Å²) >= 11 is 1.50. The molecular weight excluding hydrogens is 224 g/mol. The monoisotopic (exact) mass is 240 g/mol. The maximum Gasteiger partial charge on any atom is 0.226 e. The smallest absolute Gasteiger partial charge is 0.226 e. The van der Waals surface area contributed by atoms with Crippen molar-refractivity contribution in [3.05, 3.63) is 11.1 Å². The van der Waals surface area contributed by atoms with Gasteiger partial charge < -0.3 is 10.1 Å². The minimum atomic E-state index is 0.0323. The summed E-state index contributed by atoms with van der Waals surface area (Å²) in [6.45, 7) is 2.82. The van der Waals surface area contributed by atoms with E-state index in [-0.39, 0.29) is 12.0 Å². The lowest BCUT2D eigenvalue weighted by molar-refractivity contribution is -0.116. The predicted octanol–water partition coefficient (Wildman–Crippen LogP) is 2.35. The highest BCUT2D eigenvalue weighted by atomic mass is 32.1. The van der Waals surface area contributed by atoms with Gasteiger partial charge in [-0.15, -0.1) is 11.3 Å². The van der Waals surface area contributed by atoms with Crippen molar-refractivity contribution in [2.24, 2.45) is 0 Å². The number of nitrogens with one attached hydrogen (secondary N) is 1. The third kappa shape index (κ3) is 3.28. The van der Waals surface area contributed by atoms with Crippen LogP contribution in [0.4, 0.5) is 5.13 Å². The van der Waals surface area contributed by atoms with E-state index < -0.39 is 0 Å². The van der Waals surface area contributed by atoms with Gasteiger partial charge in [-0.1, -0.05) is 0 Å². The van der Waals surface area contributed by atoms with Gasteiger partial charge >= 0.3 is 0 Å². The van der Waals surface area contributed by atoms with Gasteiger partial charge in [0, 0.05) is 24.1 Å². The molecule has 1 aromatic heterocycles. The topological polar surface area (TPSA) is 51.2 Å². The molecule has 1 amide bonds. The van der Waals surface area contributed by atoms with Crippen molar-refractivity contribution in [2.75, 3.05) is 11.9 Å². The second kappa shape index (κ2) is 5.41. The lowest BCUT2D eigenvalue weighted by Crippen LogP contribution is -2.15. The van der Waals surface area contributed by atoms with E-state index in [1.54, 1.807) is 6.20 Å². The Morgan fingerprint density at radius 1 is 1.75 bits per heavy atom. The molecule has 88 valence electrons. The molecule has 0 spiro atoms. The molecule has 4 nitrogen and oxygen atoms in total. The van der Waals surface area contributed by atoms with E-state index in [4.69, 9.17) is 4.74 Å². The zero-order chi connectivity index (χ0) is 11.4. The largest absolute Gasteiger partial charge is 0.378 e. The molecule has 1 aliphatic heterocycles. The Morgan fingerprint density at radius 3 is 3.25 bits per heavy atom. The number of nitrogens with zero attached hydrogens (tertiary/aromatic N) is 1. The number of ether oxygens (including phenoxy) is 1. The van der Waals surface area contributed by atoms with Crippen LogP contribution in [0.1, 0.15) is 30.6 Å². The Bertz CT molecular complexity index is 359. The van der Waals surface area contributed by atoms with Crippen LogP contribution in [0.3, 0.4) is 0 Å². The molecule has 0 radical (unpaired) electrons. The van der Waals surface area contributed by atoms with Crippen LogP contribution in [0, 0.1) is 6.92 Å². The summed E-state index contributed by atoms with van der Waals surface area (Å²) in [5.74, 6) is 0.0323. The summed E-state index contributed by atoms with van der Waals surface area (Å²) in [4.78, 5) is 16.8. The lowest BCUT2D eigenvalue weighted by Gasteiger charge is -2.07.